The summed E-state index contributed by atoms with van der Waals surface area (Å²) in [5.74, 6) is 0. The van der Waals surface area contributed by atoms with Crippen LogP contribution in [0.4, 0.5) is 5.69 Å². The van der Waals surface area contributed by atoms with Crippen molar-refractivity contribution >= 4 is 32.9 Å². The molecule has 106 valence electrons. The Kier molecular flexibility index (Phi) is 5.31. The Morgan fingerprint density at radius 3 is 2.53 bits per heavy atom. The number of hydrogen-bond acceptors (Lipinski definition) is 3. The summed E-state index contributed by atoms with van der Waals surface area (Å²) in [7, 11) is -3.60. The first-order valence-electron chi connectivity index (χ1n) is 6.22. The molecule has 19 heavy (non-hydrogen) atoms. The van der Waals surface area contributed by atoms with Crippen molar-refractivity contribution in [2.45, 2.75) is 38.9 Å². The molecule has 0 heterocycles. The van der Waals surface area contributed by atoms with E-state index in [1.807, 2.05) is 32.0 Å². The van der Waals surface area contributed by atoms with E-state index in [2.05, 4.69) is 4.72 Å². The molecule has 0 saturated carbocycles. The third-order valence-electron chi connectivity index (χ3n) is 3.05. The van der Waals surface area contributed by atoms with Crippen LogP contribution in [0.5, 0.6) is 0 Å². The molecule has 1 unspecified atom stereocenters. The Morgan fingerprint density at radius 2 is 2.05 bits per heavy atom. The van der Waals surface area contributed by atoms with Gasteiger partial charge in [-0.25, -0.2) is 8.42 Å². The van der Waals surface area contributed by atoms with Crippen molar-refractivity contribution in [2.24, 2.45) is 5.73 Å². The van der Waals surface area contributed by atoms with Gasteiger partial charge in [-0.2, -0.15) is 0 Å². The fourth-order valence-electron chi connectivity index (χ4n) is 1.96. The van der Waals surface area contributed by atoms with E-state index in [9.17, 15) is 8.42 Å². The zero-order valence-corrected chi connectivity index (χ0v) is 13.1. The van der Waals surface area contributed by atoms with E-state index in [1.165, 1.54) is 0 Å². The van der Waals surface area contributed by atoms with Gasteiger partial charge in [-0.1, -0.05) is 44.3 Å². The van der Waals surface area contributed by atoms with Crippen molar-refractivity contribution in [3.05, 3.63) is 29.3 Å². The van der Waals surface area contributed by atoms with E-state index in [0.717, 1.165) is 17.5 Å². The molecule has 0 fully saturated rings. The van der Waals surface area contributed by atoms with Crippen molar-refractivity contribution in [2.75, 3.05) is 4.72 Å². The van der Waals surface area contributed by atoms with Crippen molar-refractivity contribution in [3.8, 4) is 0 Å². The molecule has 3 N–H and O–H groups in total. The van der Waals surface area contributed by atoms with Gasteiger partial charge in [-0.05, 0) is 30.9 Å². The summed E-state index contributed by atoms with van der Waals surface area (Å²) in [6.45, 7) is 5.61. The van der Waals surface area contributed by atoms with Gasteiger partial charge in [0.15, 0.2) is 0 Å². The zero-order chi connectivity index (χ0) is 14.6. The largest absolute Gasteiger partial charge is 0.392 e. The van der Waals surface area contributed by atoms with Gasteiger partial charge in [0.25, 0.3) is 0 Å². The standard InChI is InChI=1S/C13H20N2O2S2/c1-4-10-8-6-7-9(3)12(10)15-19(16,17)11(5-2)13(14)18/h6-8,11,15H,4-5H2,1-3H3,(H2,14,18). The normalized spacial score (nSPS) is 13.0. The lowest BCUT2D eigenvalue weighted by Crippen LogP contribution is -2.38. The van der Waals surface area contributed by atoms with Crippen LogP contribution in [0.2, 0.25) is 0 Å². The molecule has 1 aromatic carbocycles. The smallest absolute Gasteiger partial charge is 0.242 e. The Morgan fingerprint density at radius 1 is 1.42 bits per heavy atom. The summed E-state index contributed by atoms with van der Waals surface area (Å²) in [6, 6.07) is 5.70. The lowest BCUT2D eigenvalue weighted by molar-refractivity contribution is 0.594. The number of nitrogens with one attached hydrogen (secondary N) is 1. The van der Waals surface area contributed by atoms with Crippen LogP contribution in [-0.4, -0.2) is 18.7 Å². The maximum Gasteiger partial charge on any atom is 0.242 e. The number of benzene rings is 1. The van der Waals surface area contributed by atoms with E-state index in [4.69, 9.17) is 18.0 Å². The minimum Gasteiger partial charge on any atom is -0.392 e. The van der Waals surface area contributed by atoms with Crippen LogP contribution in [0.1, 0.15) is 31.4 Å². The quantitative estimate of drug-likeness (QED) is 0.791. The first-order valence-corrected chi connectivity index (χ1v) is 8.18. The minimum atomic E-state index is -3.60. The molecule has 4 nitrogen and oxygen atoms in total. The third kappa shape index (κ3) is 3.67. The maximum absolute atomic E-state index is 12.3. The molecule has 0 aromatic heterocycles. The van der Waals surface area contributed by atoms with Gasteiger partial charge < -0.3 is 5.73 Å². The number of para-hydroxylation sites is 1. The van der Waals surface area contributed by atoms with Crippen LogP contribution in [0, 0.1) is 6.92 Å². The lowest BCUT2D eigenvalue weighted by Gasteiger charge is -2.19. The van der Waals surface area contributed by atoms with Crippen LogP contribution < -0.4 is 10.5 Å². The summed E-state index contributed by atoms with van der Waals surface area (Å²) in [6.07, 6.45) is 1.11. The number of aryl methyl sites for hydroxylation is 2. The molecule has 0 saturated heterocycles. The molecule has 1 atom stereocenters. The number of anilines is 1. The number of nitrogens with two attached hydrogens (primary N) is 1. The Labute approximate surface area is 120 Å². The van der Waals surface area contributed by atoms with E-state index in [1.54, 1.807) is 6.92 Å². The molecule has 6 heteroatoms. The van der Waals surface area contributed by atoms with E-state index in [0.29, 0.717) is 12.1 Å². The van der Waals surface area contributed by atoms with Gasteiger partial charge in [0, 0.05) is 0 Å². The summed E-state index contributed by atoms with van der Waals surface area (Å²) < 4.78 is 27.3. The first kappa shape index (κ1) is 15.9. The second-order valence-electron chi connectivity index (χ2n) is 4.41. The third-order valence-corrected chi connectivity index (χ3v) is 5.31. The maximum atomic E-state index is 12.3. The zero-order valence-electron chi connectivity index (χ0n) is 11.4. The van der Waals surface area contributed by atoms with Crippen LogP contribution in [-0.2, 0) is 16.4 Å². The average molecular weight is 300 g/mol. The molecule has 0 aliphatic heterocycles. The van der Waals surface area contributed by atoms with Crippen LogP contribution >= 0.6 is 12.2 Å². The van der Waals surface area contributed by atoms with E-state index < -0.39 is 15.3 Å². The van der Waals surface area contributed by atoms with Gasteiger partial charge in [-0.3, -0.25) is 4.72 Å². The van der Waals surface area contributed by atoms with Gasteiger partial charge >= 0.3 is 0 Å². The highest BCUT2D eigenvalue weighted by atomic mass is 32.2. The summed E-state index contributed by atoms with van der Waals surface area (Å²) in [5, 5.41) is -0.841. The summed E-state index contributed by atoms with van der Waals surface area (Å²) in [5.41, 5.74) is 8.00. The van der Waals surface area contributed by atoms with Gasteiger partial charge in [0.05, 0.1) is 10.7 Å². The van der Waals surface area contributed by atoms with Crippen molar-refractivity contribution in [1.82, 2.24) is 0 Å². The Hall–Kier alpha value is -1.14. The molecule has 0 spiro atoms. The predicted octanol–water partition coefficient (Wildman–Crippen LogP) is 2.36. The molecule has 1 aromatic rings. The highest BCUT2D eigenvalue weighted by molar-refractivity contribution is 7.95. The molecule has 0 amide bonds. The van der Waals surface area contributed by atoms with Crippen LogP contribution in [0.15, 0.2) is 18.2 Å². The van der Waals surface area contributed by atoms with E-state index >= 15 is 0 Å². The molecular weight excluding hydrogens is 280 g/mol. The predicted molar refractivity (Wildman–Crippen MR) is 84.0 cm³/mol. The van der Waals surface area contributed by atoms with Crippen LogP contribution in [0.25, 0.3) is 0 Å². The van der Waals surface area contributed by atoms with Crippen molar-refractivity contribution < 1.29 is 8.42 Å². The second kappa shape index (κ2) is 6.34. The first-order chi connectivity index (χ1) is 8.83. The molecule has 1 rings (SSSR count). The monoisotopic (exact) mass is 300 g/mol. The van der Waals surface area contributed by atoms with Gasteiger partial charge in [0.2, 0.25) is 10.0 Å². The Bertz CT molecular complexity index is 568. The fourth-order valence-corrected chi connectivity index (χ4v) is 3.97. The Balaban J connectivity index is 3.18. The molecular formula is C13H20N2O2S2. The molecule has 0 aliphatic carbocycles. The van der Waals surface area contributed by atoms with Crippen molar-refractivity contribution in [1.29, 1.82) is 0 Å². The van der Waals surface area contributed by atoms with Gasteiger partial charge in [-0.15, -0.1) is 0 Å². The highest BCUT2D eigenvalue weighted by Gasteiger charge is 2.27. The molecule has 0 aliphatic rings. The number of sulfonamides is 1. The van der Waals surface area contributed by atoms with Gasteiger partial charge in [0.1, 0.15) is 5.25 Å². The fraction of sp³-hybridized carbons (Fsp3) is 0.462. The summed E-state index contributed by atoms with van der Waals surface area (Å²) in [4.78, 5) is 0.00151. The topological polar surface area (TPSA) is 72.2 Å². The number of rotatable bonds is 6. The lowest BCUT2D eigenvalue weighted by atomic mass is 10.1. The van der Waals surface area contributed by atoms with Crippen molar-refractivity contribution in [3.63, 3.8) is 0 Å². The minimum absolute atomic E-state index is 0.00151. The SMILES string of the molecule is CCc1cccc(C)c1NS(=O)(=O)C(CC)C(N)=S. The van der Waals surface area contributed by atoms with Crippen LogP contribution in [0.3, 0.4) is 0 Å². The summed E-state index contributed by atoms with van der Waals surface area (Å²) >= 11 is 4.83. The van der Waals surface area contributed by atoms with E-state index in [-0.39, 0.29) is 4.99 Å². The second-order valence-corrected chi connectivity index (χ2v) is 6.74. The highest BCUT2D eigenvalue weighted by Crippen LogP contribution is 2.24. The average Bonchev–Trinajstić information content (AvgIpc) is 2.31. The number of hydrogen-bond donors (Lipinski definition) is 2. The molecule has 0 bridgehead atoms. The number of thiocarbonyl (C=S) groups is 1. The molecule has 0 radical (unpaired) electrons.